The molecule has 1 fully saturated rings. The molecule has 1 aliphatic heterocycles. The van der Waals surface area contributed by atoms with Gasteiger partial charge in [0.15, 0.2) is 0 Å². The molecule has 6 heteroatoms. The van der Waals surface area contributed by atoms with Crippen LogP contribution in [0.15, 0.2) is 24.3 Å². The summed E-state index contributed by atoms with van der Waals surface area (Å²) in [4.78, 5) is 25.5. The molecule has 0 aromatic heterocycles. The molecule has 5 nitrogen and oxygen atoms in total. The Kier molecular flexibility index (Phi) is 4.68. The molecule has 1 aliphatic rings. The van der Waals surface area contributed by atoms with Gasteiger partial charge in [0.1, 0.15) is 5.82 Å². The number of carbonyl (C=O) groups is 2. The zero-order valence-corrected chi connectivity index (χ0v) is 11.4. The molecule has 1 aromatic rings. The van der Waals surface area contributed by atoms with Gasteiger partial charge in [0.2, 0.25) is 5.91 Å². The highest BCUT2D eigenvalue weighted by Gasteiger charge is 2.20. The van der Waals surface area contributed by atoms with E-state index >= 15 is 0 Å². The van der Waals surface area contributed by atoms with Gasteiger partial charge in [-0.2, -0.15) is 0 Å². The lowest BCUT2D eigenvalue weighted by molar-refractivity contribution is -0.131. The summed E-state index contributed by atoms with van der Waals surface area (Å²) in [5.41, 5.74) is 0.214. The third-order valence-electron chi connectivity index (χ3n) is 3.21. The Bertz CT molecular complexity index is 507. The number of hydrogen-bond acceptors (Lipinski definition) is 3. The minimum Gasteiger partial charge on any atom is -0.343 e. The van der Waals surface area contributed by atoms with Gasteiger partial charge in [-0.1, -0.05) is 6.07 Å². The van der Waals surface area contributed by atoms with E-state index in [1.165, 1.54) is 18.2 Å². The van der Waals surface area contributed by atoms with Gasteiger partial charge in [-0.3, -0.25) is 9.59 Å². The second-order valence-corrected chi connectivity index (χ2v) is 4.89. The first-order chi connectivity index (χ1) is 9.56. The Morgan fingerprint density at radius 3 is 3.00 bits per heavy atom. The predicted octanol–water partition coefficient (Wildman–Crippen LogP) is 0.376. The van der Waals surface area contributed by atoms with Crippen molar-refractivity contribution >= 4 is 11.8 Å². The number of amides is 2. The first kappa shape index (κ1) is 14.5. The number of piperazine rings is 1. The first-order valence-corrected chi connectivity index (χ1v) is 6.61. The fourth-order valence-corrected chi connectivity index (χ4v) is 2.16. The van der Waals surface area contributed by atoms with Crippen LogP contribution in [0.25, 0.3) is 0 Å². The number of nitrogens with zero attached hydrogens (tertiary/aromatic N) is 1. The van der Waals surface area contributed by atoms with Gasteiger partial charge < -0.3 is 15.5 Å². The van der Waals surface area contributed by atoms with E-state index in [1.54, 1.807) is 4.90 Å². The molecule has 2 amide bonds. The summed E-state index contributed by atoms with van der Waals surface area (Å²) in [6, 6.07) is 5.64. The van der Waals surface area contributed by atoms with E-state index in [-0.39, 0.29) is 24.1 Å². The average molecular weight is 279 g/mol. The molecule has 1 aromatic carbocycles. The Morgan fingerprint density at radius 2 is 2.30 bits per heavy atom. The molecule has 0 unspecified atom stereocenters. The predicted molar refractivity (Wildman–Crippen MR) is 72.8 cm³/mol. The number of hydrogen-bond donors (Lipinski definition) is 2. The summed E-state index contributed by atoms with van der Waals surface area (Å²) in [5.74, 6) is -1.04. The molecule has 0 saturated carbocycles. The maximum atomic E-state index is 13.0. The summed E-state index contributed by atoms with van der Waals surface area (Å²) < 4.78 is 13.0. The first-order valence-electron chi connectivity index (χ1n) is 6.61. The van der Waals surface area contributed by atoms with Crippen LogP contribution in [0.2, 0.25) is 0 Å². The lowest BCUT2D eigenvalue weighted by Crippen LogP contribution is -2.53. The Morgan fingerprint density at radius 1 is 1.50 bits per heavy atom. The third kappa shape index (κ3) is 3.77. The van der Waals surface area contributed by atoms with E-state index in [2.05, 4.69) is 10.6 Å². The summed E-state index contributed by atoms with van der Waals surface area (Å²) in [7, 11) is 0. The van der Waals surface area contributed by atoms with Crippen molar-refractivity contribution in [2.45, 2.75) is 13.0 Å². The lowest BCUT2D eigenvalue weighted by Gasteiger charge is -2.31. The Labute approximate surface area is 117 Å². The highest BCUT2D eigenvalue weighted by atomic mass is 19.1. The second kappa shape index (κ2) is 6.47. The van der Waals surface area contributed by atoms with Crippen LogP contribution in [0, 0.1) is 5.82 Å². The lowest BCUT2D eigenvalue weighted by atomic mass is 10.2. The summed E-state index contributed by atoms with van der Waals surface area (Å²) in [5, 5.41) is 5.76. The minimum atomic E-state index is -0.472. The summed E-state index contributed by atoms with van der Waals surface area (Å²) >= 11 is 0. The molecular weight excluding hydrogens is 261 g/mol. The zero-order valence-electron chi connectivity index (χ0n) is 11.4. The molecule has 2 N–H and O–H groups in total. The molecule has 0 aliphatic carbocycles. The largest absolute Gasteiger partial charge is 0.343 e. The molecule has 0 radical (unpaired) electrons. The van der Waals surface area contributed by atoms with Gasteiger partial charge in [-0.25, -0.2) is 4.39 Å². The molecule has 1 atom stereocenters. The SMILES string of the molecule is C[C@@H]1CN(C(=O)CNC(=O)c2cccc(F)c2)CCN1. The molecule has 1 heterocycles. The smallest absolute Gasteiger partial charge is 0.251 e. The van der Waals surface area contributed by atoms with Gasteiger partial charge in [-0.05, 0) is 25.1 Å². The average Bonchev–Trinajstić information content (AvgIpc) is 2.44. The van der Waals surface area contributed by atoms with Gasteiger partial charge in [-0.15, -0.1) is 0 Å². The highest BCUT2D eigenvalue weighted by molar-refractivity contribution is 5.96. The van der Waals surface area contributed by atoms with E-state index in [4.69, 9.17) is 0 Å². The number of nitrogens with one attached hydrogen (secondary N) is 2. The van der Waals surface area contributed by atoms with E-state index in [0.29, 0.717) is 13.1 Å². The van der Waals surface area contributed by atoms with Crippen LogP contribution in [0.4, 0.5) is 4.39 Å². The maximum Gasteiger partial charge on any atom is 0.251 e. The van der Waals surface area contributed by atoms with Crippen LogP contribution >= 0.6 is 0 Å². The van der Waals surface area contributed by atoms with Gasteiger partial charge in [0, 0.05) is 31.2 Å². The fourth-order valence-electron chi connectivity index (χ4n) is 2.16. The van der Waals surface area contributed by atoms with Crippen LogP contribution < -0.4 is 10.6 Å². The summed E-state index contributed by atoms with van der Waals surface area (Å²) in [6.07, 6.45) is 0. The number of carbonyl (C=O) groups excluding carboxylic acids is 2. The van der Waals surface area contributed by atoms with E-state index < -0.39 is 11.7 Å². The van der Waals surface area contributed by atoms with Crippen molar-refractivity contribution in [3.8, 4) is 0 Å². The van der Waals surface area contributed by atoms with Crippen LogP contribution in [0.5, 0.6) is 0 Å². The third-order valence-corrected chi connectivity index (χ3v) is 3.21. The normalized spacial score (nSPS) is 18.7. The number of halogens is 1. The monoisotopic (exact) mass is 279 g/mol. The van der Waals surface area contributed by atoms with Crippen molar-refractivity contribution in [3.05, 3.63) is 35.6 Å². The van der Waals surface area contributed by atoms with Crippen molar-refractivity contribution < 1.29 is 14.0 Å². The summed E-state index contributed by atoms with van der Waals surface area (Å²) in [6.45, 7) is 3.96. The fraction of sp³-hybridized carbons (Fsp3) is 0.429. The number of rotatable bonds is 3. The maximum absolute atomic E-state index is 13.0. The molecule has 2 rings (SSSR count). The van der Waals surface area contributed by atoms with E-state index in [1.807, 2.05) is 6.92 Å². The van der Waals surface area contributed by atoms with Crippen LogP contribution in [-0.4, -0.2) is 48.9 Å². The Hall–Kier alpha value is -1.95. The molecule has 1 saturated heterocycles. The number of benzene rings is 1. The topological polar surface area (TPSA) is 61.4 Å². The molecule has 0 bridgehead atoms. The molecule has 0 spiro atoms. The minimum absolute atomic E-state index is 0.0674. The van der Waals surface area contributed by atoms with Gasteiger partial charge in [0.25, 0.3) is 5.91 Å². The van der Waals surface area contributed by atoms with E-state index in [9.17, 15) is 14.0 Å². The van der Waals surface area contributed by atoms with E-state index in [0.717, 1.165) is 12.6 Å². The van der Waals surface area contributed by atoms with Crippen LogP contribution in [0.3, 0.4) is 0 Å². The van der Waals surface area contributed by atoms with Crippen molar-refractivity contribution in [2.75, 3.05) is 26.2 Å². The zero-order chi connectivity index (χ0) is 14.5. The van der Waals surface area contributed by atoms with Crippen LogP contribution in [0.1, 0.15) is 17.3 Å². The van der Waals surface area contributed by atoms with Gasteiger partial charge in [0.05, 0.1) is 6.54 Å². The van der Waals surface area contributed by atoms with Crippen molar-refractivity contribution in [1.82, 2.24) is 15.5 Å². The molecule has 20 heavy (non-hydrogen) atoms. The van der Waals surface area contributed by atoms with Crippen molar-refractivity contribution in [1.29, 1.82) is 0 Å². The standard InChI is InChI=1S/C14H18FN3O2/c1-10-9-18(6-5-16-10)13(19)8-17-14(20)11-3-2-4-12(15)7-11/h2-4,7,10,16H,5-6,8-9H2,1H3,(H,17,20)/t10-/m1/s1. The van der Waals surface area contributed by atoms with Crippen LogP contribution in [-0.2, 0) is 4.79 Å². The second-order valence-electron chi connectivity index (χ2n) is 4.89. The molecule has 108 valence electrons. The Balaban J connectivity index is 1.85. The van der Waals surface area contributed by atoms with Gasteiger partial charge >= 0.3 is 0 Å². The van der Waals surface area contributed by atoms with Crippen molar-refractivity contribution in [2.24, 2.45) is 0 Å². The highest BCUT2D eigenvalue weighted by Crippen LogP contribution is 2.03. The quantitative estimate of drug-likeness (QED) is 0.840. The van der Waals surface area contributed by atoms with Crippen molar-refractivity contribution in [3.63, 3.8) is 0 Å². The molecular formula is C14H18FN3O2.